The Balaban J connectivity index is 1.82. The van der Waals surface area contributed by atoms with E-state index in [2.05, 4.69) is 12.2 Å². The highest BCUT2D eigenvalue weighted by molar-refractivity contribution is 6.06. The van der Waals surface area contributed by atoms with Gasteiger partial charge in [-0.1, -0.05) is 31.2 Å². The van der Waals surface area contributed by atoms with Crippen molar-refractivity contribution in [3.63, 3.8) is 0 Å². The van der Waals surface area contributed by atoms with Crippen molar-refractivity contribution in [2.75, 3.05) is 12.4 Å². The minimum absolute atomic E-state index is 0.175. The van der Waals surface area contributed by atoms with Crippen molar-refractivity contribution in [1.82, 2.24) is 9.38 Å². The first-order valence-electron chi connectivity index (χ1n) is 9.63. The van der Waals surface area contributed by atoms with Gasteiger partial charge >= 0.3 is 0 Å². The second-order valence-corrected chi connectivity index (χ2v) is 6.95. The van der Waals surface area contributed by atoms with Gasteiger partial charge < -0.3 is 10.1 Å². The maximum absolute atomic E-state index is 13.0. The second-order valence-electron chi connectivity index (χ2n) is 6.95. The van der Waals surface area contributed by atoms with Crippen LogP contribution in [0.15, 0.2) is 66.9 Å². The summed E-state index contributed by atoms with van der Waals surface area (Å²) in [6, 6.07) is 19.3. The van der Waals surface area contributed by atoms with Crippen LogP contribution in [0.2, 0.25) is 0 Å². The zero-order chi connectivity index (χ0) is 20.4. The number of aryl methyl sites for hydroxylation is 2. The normalized spacial score (nSPS) is 10.9. The van der Waals surface area contributed by atoms with E-state index < -0.39 is 0 Å². The number of para-hydroxylation sites is 1. The molecule has 0 atom stereocenters. The molecule has 0 bridgehead atoms. The third-order valence-corrected chi connectivity index (χ3v) is 5.00. The van der Waals surface area contributed by atoms with Crippen molar-refractivity contribution < 1.29 is 9.53 Å². The van der Waals surface area contributed by atoms with Crippen LogP contribution >= 0.6 is 0 Å². The molecule has 0 unspecified atom stereocenters. The number of amides is 1. The van der Waals surface area contributed by atoms with Gasteiger partial charge in [0.05, 0.1) is 7.11 Å². The molecule has 2 aromatic carbocycles. The van der Waals surface area contributed by atoms with E-state index in [-0.39, 0.29) is 5.91 Å². The summed E-state index contributed by atoms with van der Waals surface area (Å²) in [5.41, 5.74) is 5.17. The summed E-state index contributed by atoms with van der Waals surface area (Å²) in [5, 5.41) is 3.06. The Labute approximate surface area is 170 Å². The fraction of sp³-hybridized carbons (Fsp3) is 0.167. The fourth-order valence-corrected chi connectivity index (χ4v) is 3.37. The van der Waals surface area contributed by atoms with E-state index in [9.17, 15) is 4.79 Å². The largest absolute Gasteiger partial charge is 0.496 e. The number of carbonyl (C=O) groups is 1. The first kappa shape index (κ1) is 18.7. The Morgan fingerprint density at radius 2 is 1.86 bits per heavy atom. The SMILES string of the molecule is CCc1ccc(C(=O)Nc2c(-c3ccccc3OC)nc3cc(C)ccn23)cc1. The van der Waals surface area contributed by atoms with Crippen molar-refractivity contribution in [1.29, 1.82) is 0 Å². The summed E-state index contributed by atoms with van der Waals surface area (Å²) < 4.78 is 7.42. The topological polar surface area (TPSA) is 55.6 Å². The highest BCUT2D eigenvalue weighted by Gasteiger charge is 2.19. The number of imidazole rings is 1. The zero-order valence-corrected chi connectivity index (χ0v) is 16.8. The molecule has 1 N–H and O–H groups in total. The lowest BCUT2D eigenvalue weighted by atomic mass is 10.1. The van der Waals surface area contributed by atoms with Gasteiger partial charge in [-0.15, -0.1) is 0 Å². The zero-order valence-electron chi connectivity index (χ0n) is 16.8. The molecule has 0 radical (unpaired) electrons. The van der Waals surface area contributed by atoms with Crippen molar-refractivity contribution in [3.05, 3.63) is 83.6 Å². The van der Waals surface area contributed by atoms with Crippen LogP contribution in [-0.4, -0.2) is 22.4 Å². The quantitative estimate of drug-likeness (QED) is 0.518. The summed E-state index contributed by atoms with van der Waals surface area (Å²) in [5.74, 6) is 1.15. The molecule has 0 aliphatic carbocycles. The van der Waals surface area contributed by atoms with Gasteiger partial charge in [0, 0.05) is 17.3 Å². The summed E-state index contributed by atoms with van der Waals surface area (Å²) in [6.07, 6.45) is 2.86. The number of hydrogen-bond acceptors (Lipinski definition) is 3. The van der Waals surface area contributed by atoms with Crippen LogP contribution in [0.25, 0.3) is 16.9 Å². The third kappa shape index (κ3) is 3.59. The maximum atomic E-state index is 13.0. The number of methoxy groups -OCH3 is 1. The highest BCUT2D eigenvalue weighted by atomic mass is 16.5. The number of benzene rings is 2. The lowest BCUT2D eigenvalue weighted by molar-refractivity contribution is 0.102. The number of fused-ring (bicyclic) bond motifs is 1. The van der Waals surface area contributed by atoms with Crippen LogP contribution < -0.4 is 10.1 Å². The molecule has 146 valence electrons. The molecule has 2 heterocycles. The van der Waals surface area contributed by atoms with Gasteiger partial charge in [0.1, 0.15) is 22.9 Å². The summed E-state index contributed by atoms with van der Waals surface area (Å²) in [7, 11) is 1.63. The minimum atomic E-state index is -0.175. The summed E-state index contributed by atoms with van der Waals surface area (Å²) >= 11 is 0. The van der Waals surface area contributed by atoms with E-state index >= 15 is 0 Å². The molecule has 0 aliphatic heterocycles. The van der Waals surface area contributed by atoms with Gasteiger partial charge in [-0.05, 0) is 60.9 Å². The summed E-state index contributed by atoms with van der Waals surface area (Å²) in [6.45, 7) is 4.11. The molecule has 4 rings (SSSR count). The molecule has 1 amide bonds. The Hall–Kier alpha value is -3.60. The lowest BCUT2D eigenvalue weighted by Crippen LogP contribution is -2.14. The Kier molecular flexibility index (Phi) is 5.04. The van der Waals surface area contributed by atoms with Crippen LogP contribution in [-0.2, 0) is 6.42 Å². The molecule has 5 heteroatoms. The first-order chi connectivity index (χ1) is 14.1. The van der Waals surface area contributed by atoms with Crippen molar-refractivity contribution in [2.45, 2.75) is 20.3 Å². The van der Waals surface area contributed by atoms with E-state index in [1.807, 2.05) is 78.2 Å². The predicted octanol–water partition coefficient (Wildman–Crippen LogP) is 5.13. The van der Waals surface area contributed by atoms with Crippen LogP contribution in [0.5, 0.6) is 5.75 Å². The fourth-order valence-electron chi connectivity index (χ4n) is 3.37. The molecule has 5 nitrogen and oxygen atoms in total. The average molecular weight is 385 g/mol. The van der Waals surface area contributed by atoms with Crippen LogP contribution in [0, 0.1) is 6.92 Å². The van der Waals surface area contributed by atoms with Gasteiger partial charge in [0.15, 0.2) is 0 Å². The van der Waals surface area contributed by atoms with Crippen LogP contribution in [0.3, 0.4) is 0 Å². The molecule has 0 aliphatic rings. The van der Waals surface area contributed by atoms with Crippen molar-refractivity contribution >= 4 is 17.4 Å². The van der Waals surface area contributed by atoms with E-state index in [1.54, 1.807) is 7.11 Å². The number of nitrogens with zero attached hydrogens (tertiary/aromatic N) is 2. The first-order valence-corrected chi connectivity index (χ1v) is 9.63. The van der Waals surface area contributed by atoms with Crippen molar-refractivity contribution in [2.24, 2.45) is 0 Å². The number of anilines is 1. The van der Waals surface area contributed by atoms with Gasteiger partial charge in [0.25, 0.3) is 5.91 Å². The number of rotatable bonds is 5. The third-order valence-electron chi connectivity index (χ3n) is 5.00. The molecule has 0 saturated carbocycles. The van der Waals surface area contributed by atoms with Gasteiger partial charge in [-0.2, -0.15) is 0 Å². The average Bonchev–Trinajstić information content (AvgIpc) is 3.10. The van der Waals surface area contributed by atoms with E-state index in [0.29, 0.717) is 22.8 Å². The lowest BCUT2D eigenvalue weighted by Gasteiger charge is -2.10. The summed E-state index contributed by atoms with van der Waals surface area (Å²) in [4.78, 5) is 17.8. The number of ether oxygens (including phenoxy) is 1. The van der Waals surface area contributed by atoms with E-state index in [0.717, 1.165) is 23.2 Å². The van der Waals surface area contributed by atoms with Crippen LogP contribution in [0.1, 0.15) is 28.4 Å². The number of aromatic nitrogens is 2. The number of nitrogens with one attached hydrogen (secondary N) is 1. The molecular formula is C24H23N3O2. The minimum Gasteiger partial charge on any atom is -0.496 e. The Morgan fingerprint density at radius 3 is 2.59 bits per heavy atom. The molecule has 0 spiro atoms. The molecule has 4 aromatic rings. The Morgan fingerprint density at radius 1 is 1.10 bits per heavy atom. The maximum Gasteiger partial charge on any atom is 0.256 e. The molecular weight excluding hydrogens is 362 g/mol. The molecule has 0 fully saturated rings. The number of hydrogen-bond donors (Lipinski definition) is 1. The van der Waals surface area contributed by atoms with Crippen molar-refractivity contribution in [3.8, 4) is 17.0 Å². The monoisotopic (exact) mass is 385 g/mol. The number of carbonyl (C=O) groups excluding carboxylic acids is 1. The number of pyridine rings is 1. The molecule has 2 aromatic heterocycles. The standard InChI is InChI=1S/C24H23N3O2/c1-4-17-9-11-18(12-10-17)24(28)26-23-22(19-7-5-6-8-20(19)29-3)25-21-15-16(2)13-14-27(21)23/h5-15H,4H2,1-3H3,(H,26,28). The predicted molar refractivity (Wildman–Crippen MR) is 116 cm³/mol. The Bertz CT molecular complexity index is 1180. The van der Waals surface area contributed by atoms with Gasteiger partial charge in [-0.3, -0.25) is 9.20 Å². The van der Waals surface area contributed by atoms with Gasteiger partial charge in [-0.25, -0.2) is 4.98 Å². The second kappa shape index (κ2) is 7.80. The van der Waals surface area contributed by atoms with Gasteiger partial charge in [0.2, 0.25) is 0 Å². The smallest absolute Gasteiger partial charge is 0.256 e. The molecule has 0 saturated heterocycles. The van der Waals surface area contributed by atoms with E-state index in [4.69, 9.17) is 9.72 Å². The highest BCUT2D eigenvalue weighted by Crippen LogP contribution is 2.35. The molecule has 29 heavy (non-hydrogen) atoms. The van der Waals surface area contributed by atoms with E-state index in [1.165, 1.54) is 5.56 Å². The van der Waals surface area contributed by atoms with Crippen LogP contribution in [0.4, 0.5) is 5.82 Å².